The highest BCUT2D eigenvalue weighted by molar-refractivity contribution is 5.86. The van der Waals surface area contributed by atoms with Gasteiger partial charge in [-0.3, -0.25) is 0 Å². The van der Waals surface area contributed by atoms with E-state index in [4.69, 9.17) is 5.11 Å². The minimum atomic E-state index is -4.72. The summed E-state index contributed by atoms with van der Waals surface area (Å²) in [5.74, 6) is -1.44. The summed E-state index contributed by atoms with van der Waals surface area (Å²) >= 11 is 0. The van der Waals surface area contributed by atoms with Gasteiger partial charge >= 0.3 is 12.1 Å². The number of halogens is 3. The van der Waals surface area contributed by atoms with Crippen LogP contribution in [-0.2, 0) is 6.18 Å². The van der Waals surface area contributed by atoms with Gasteiger partial charge in [0.15, 0.2) is 17.0 Å². The summed E-state index contributed by atoms with van der Waals surface area (Å²) < 4.78 is 39.9. The Balaban J connectivity index is 2.82. The molecule has 22 heavy (non-hydrogen) atoms. The van der Waals surface area contributed by atoms with Gasteiger partial charge in [0.2, 0.25) is 0 Å². The first-order chi connectivity index (χ1) is 10.3. The van der Waals surface area contributed by atoms with Crippen molar-refractivity contribution in [3.05, 3.63) is 60.6 Å². The lowest BCUT2D eigenvalue weighted by Crippen LogP contribution is -2.14. The van der Waals surface area contributed by atoms with Crippen molar-refractivity contribution in [2.24, 2.45) is 0 Å². The third kappa shape index (κ3) is 2.76. The van der Waals surface area contributed by atoms with E-state index in [1.54, 1.807) is 0 Å². The quantitative estimate of drug-likeness (QED) is 0.881. The van der Waals surface area contributed by atoms with Gasteiger partial charge in [-0.1, -0.05) is 31.4 Å². The van der Waals surface area contributed by atoms with E-state index in [1.165, 1.54) is 18.2 Å². The molecule has 2 rings (SSSR count). The molecule has 0 unspecified atom stereocenters. The molecule has 0 bridgehead atoms. The molecule has 2 heterocycles. The zero-order chi connectivity index (χ0) is 16.5. The van der Waals surface area contributed by atoms with Crippen molar-refractivity contribution in [2.45, 2.75) is 6.18 Å². The smallest absolute Gasteiger partial charge is 0.433 e. The lowest BCUT2D eigenvalue weighted by molar-refractivity contribution is -0.142. The Bertz CT molecular complexity index is 804. The minimum Gasteiger partial charge on any atom is -0.476 e. The summed E-state index contributed by atoms with van der Waals surface area (Å²) in [4.78, 5) is 14.9. The molecule has 0 fully saturated rings. The molecule has 0 saturated heterocycles. The van der Waals surface area contributed by atoms with Gasteiger partial charge in [-0.2, -0.15) is 18.3 Å². The molecule has 1 N–H and O–H groups in total. The maximum absolute atomic E-state index is 13.2. The van der Waals surface area contributed by atoms with E-state index in [0.717, 1.165) is 12.1 Å². The third-order valence-electron chi connectivity index (χ3n) is 2.75. The highest BCUT2D eigenvalue weighted by atomic mass is 19.4. The zero-order valence-corrected chi connectivity index (χ0v) is 11.1. The summed E-state index contributed by atoms with van der Waals surface area (Å²) in [5, 5.41) is 12.3. The fourth-order valence-corrected chi connectivity index (χ4v) is 1.81. The Morgan fingerprint density at radius 3 is 2.45 bits per heavy atom. The van der Waals surface area contributed by atoms with Gasteiger partial charge in [0, 0.05) is 6.07 Å². The van der Waals surface area contributed by atoms with E-state index < -0.39 is 23.5 Å². The van der Waals surface area contributed by atoms with E-state index in [-0.39, 0.29) is 11.3 Å². The normalized spacial score (nSPS) is 12.4. The molecule has 5 nitrogen and oxygen atoms in total. The first-order valence-electron chi connectivity index (χ1n) is 5.94. The van der Waals surface area contributed by atoms with Crippen molar-refractivity contribution in [2.75, 3.05) is 0 Å². The molecular formula is C14H10F3N3O2. The van der Waals surface area contributed by atoms with E-state index in [9.17, 15) is 18.0 Å². The third-order valence-corrected chi connectivity index (χ3v) is 2.75. The number of alkyl halides is 3. The van der Waals surface area contributed by atoms with Gasteiger partial charge in [0.25, 0.3) is 0 Å². The average Bonchev–Trinajstić information content (AvgIpc) is 2.86. The number of aromatic carboxylic acids is 1. The van der Waals surface area contributed by atoms with Crippen molar-refractivity contribution in [3.8, 4) is 0 Å². The number of fused-ring (bicyclic) bond motifs is 1. The number of aromatic nitrogens is 3. The molecule has 0 aliphatic rings. The number of nitrogens with zero attached hydrogens (tertiary/aromatic N) is 3. The largest absolute Gasteiger partial charge is 0.476 e. The molecular weight excluding hydrogens is 299 g/mol. The molecule has 8 heteroatoms. The summed E-state index contributed by atoms with van der Waals surface area (Å²) in [6.45, 7) is 6.97. The minimum absolute atomic E-state index is 0.00781. The van der Waals surface area contributed by atoms with E-state index in [2.05, 4.69) is 23.2 Å². The Morgan fingerprint density at radius 2 is 1.95 bits per heavy atom. The van der Waals surface area contributed by atoms with E-state index >= 15 is 0 Å². The monoisotopic (exact) mass is 309 g/mol. The van der Waals surface area contributed by atoms with Gasteiger partial charge in [0.1, 0.15) is 0 Å². The molecule has 0 saturated carbocycles. The maximum Gasteiger partial charge on any atom is 0.433 e. The Hall–Kier alpha value is -2.90. The number of allylic oxidation sites excluding steroid dienone is 4. The highest BCUT2D eigenvalue weighted by Gasteiger charge is 2.35. The van der Waals surface area contributed by atoms with Gasteiger partial charge in [-0.15, -0.1) is 0 Å². The van der Waals surface area contributed by atoms with Crippen molar-refractivity contribution >= 4 is 17.2 Å². The molecule has 0 aliphatic carbocycles. The molecule has 114 valence electrons. The van der Waals surface area contributed by atoms with Crippen LogP contribution in [-0.4, -0.2) is 25.7 Å². The van der Waals surface area contributed by atoms with Crippen LogP contribution in [0.5, 0.6) is 0 Å². The van der Waals surface area contributed by atoms with Crippen LogP contribution in [0.3, 0.4) is 0 Å². The molecule has 2 aromatic rings. The number of hydrogen-bond acceptors (Lipinski definition) is 3. The van der Waals surface area contributed by atoms with Gasteiger partial charge in [0.05, 0.1) is 5.69 Å². The van der Waals surface area contributed by atoms with Gasteiger partial charge < -0.3 is 5.11 Å². The molecule has 0 amide bonds. The maximum atomic E-state index is 13.2. The number of rotatable bonds is 4. The van der Waals surface area contributed by atoms with E-state index in [1.807, 2.05) is 0 Å². The Kier molecular flexibility index (Phi) is 3.85. The van der Waals surface area contributed by atoms with Crippen molar-refractivity contribution in [1.82, 2.24) is 14.6 Å². The lowest BCUT2D eigenvalue weighted by Gasteiger charge is -2.11. The molecule has 2 aromatic heterocycles. The van der Waals surface area contributed by atoms with Crippen LogP contribution in [0.15, 0.2) is 43.5 Å². The van der Waals surface area contributed by atoms with Crippen LogP contribution in [0.4, 0.5) is 13.2 Å². The Labute approximate surface area is 122 Å². The second kappa shape index (κ2) is 5.47. The summed E-state index contributed by atoms with van der Waals surface area (Å²) in [6.07, 6.45) is -0.566. The molecule has 0 atom stereocenters. The first-order valence-corrected chi connectivity index (χ1v) is 5.94. The zero-order valence-electron chi connectivity index (χ0n) is 11.1. The predicted molar refractivity (Wildman–Crippen MR) is 73.3 cm³/mol. The molecule has 0 radical (unpaired) electrons. The summed E-state index contributed by atoms with van der Waals surface area (Å²) in [6, 6.07) is 1.75. The molecule has 0 spiro atoms. The number of carboxylic acids is 1. The van der Waals surface area contributed by atoms with Crippen molar-refractivity contribution in [1.29, 1.82) is 0 Å². The van der Waals surface area contributed by atoms with Crippen LogP contribution < -0.4 is 0 Å². The fourth-order valence-electron chi connectivity index (χ4n) is 1.81. The van der Waals surface area contributed by atoms with Crippen LogP contribution >= 0.6 is 0 Å². The highest BCUT2D eigenvalue weighted by Crippen LogP contribution is 2.31. The second-order valence-corrected chi connectivity index (χ2v) is 4.19. The number of hydrogen-bond donors (Lipinski definition) is 1. The fraction of sp³-hybridized carbons (Fsp3) is 0.0714. The molecule has 0 aromatic carbocycles. The molecule has 0 aliphatic heterocycles. The van der Waals surface area contributed by atoms with E-state index in [0.29, 0.717) is 10.1 Å². The SMILES string of the molecule is C=C/C=C(\C=C)c1cc(C(F)(F)F)n2nc(C(=O)O)cc2n1. The van der Waals surface area contributed by atoms with Crippen LogP contribution in [0.1, 0.15) is 21.9 Å². The van der Waals surface area contributed by atoms with Crippen LogP contribution in [0, 0.1) is 0 Å². The first kappa shape index (κ1) is 15.5. The van der Waals surface area contributed by atoms with Crippen LogP contribution in [0.25, 0.3) is 11.2 Å². The van der Waals surface area contributed by atoms with Crippen molar-refractivity contribution in [3.63, 3.8) is 0 Å². The number of carbonyl (C=O) groups is 1. The lowest BCUT2D eigenvalue weighted by atomic mass is 10.1. The standard InChI is InChI=1S/C14H10F3N3O2/c1-3-5-8(4-2)9-6-11(14(15,16)17)20-12(18-9)7-10(19-20)13(21)22/h3-7H,1-2H2,(H,21,22)/b8-5+. The van der Waals surface area contributed by atoms with Gasteiger partial charge in [-0.25, -0.2) is 14.3 Å². The second-order valence-electron chi connectivity index (χ2n) is 4.19. The Morgan fingerprint density at radius 1 is 1.27 bits per heavy atom. The summed E-state index contributed by atoms with van der Waals surface area (Å²) in [5.41, 5.74) is -1.56. The average molecular weight is 309 g/mol. The van der Waals surface area contributed by atoms with Gasteiger partial charge in [-0.05, 0) is 11.6 Å². The van der Waals surface area contributed by atoms with Crippen molar-refractivity contribution < 1.29 is 23.1 Å². The number of carboxylic acid groups (broad SMARTS) is 1. The summed E-state index contributed by atoms with van der Waals surface area (Å²) in [7, 11) is 0. The topological polar surface area (TPSA) is 67.5 Å². The van der Waals surface area contributed by atoms with Crippen LogP contribution in [0.2, 0.25) is 0 Å². The predicted octanol–water partition coefficient (Wildman–Crippen LogP) is 3.20.